The first-order valence-corrected chi connectivity index (χ1v) is 8.35. The van der Waals surface area contributed by atoms with Gasteiger partial charge in [-0.3, -0.25) is 0 Å². The molecule has 0 atom stereocenters. The van der Waals surface area contributed by atoms with E-state index >= 15 is 0 Å². The quantitative estimate of drug-likeness (QED) is 0.473. The van der Waals surface area contributed by atoms with E-state index in [0.717, 1.165) is 23.1 Å². The average molecular weight is 351 g/mol. The van der Waals surface area contributed by atoms with Crippen LogP contribution in [0, 0.1) is 13.8 Å². The van der Waals surface area contributed by atoms with E-state index in [1.165, 1.54) is 25.3 Å². The highest BCUT2D eigenvalue weighted by atomic mass is 16.5. The van der Waals surface area contributed by atoms with Crippen molar-refractivity contribution in [1.82, 2.24) is 0 Å². The Labute approximate surface area is 154 Å². The van der Waals surface area contributed by atoms with E-state index in [1.807, 2.05) is 19.1 Å². The molecule has 0 saturated heterocycles. The number of esters is 1. The molecule has 0 radical (unpaired) electrons. The number of carbonyl (C=O) groups excluding carboxylic acids is 1. The van der Waals surface area contributed by atoms with Crippen molar-refractivity contribution in [2.45, 2.75) is 20.3 Å². The molecule has 0 aliphatic rings. The number of anilines is 1. The monoisotopic (exact) mass is 351 g/mol. The first-order valence-electron chi connectivity index (χ1n) is 8.35. The van der Waals surface area contributed by atoms with Crippen LogP contribution in [-0.4, -0.2) is 20.2 Å². The lowest BCUT2D eigenvalue weighted by Gasteiger charge is -2.15. The lowest BCUT2D eigenvalue weighted by Crippen LogP contribution is -2.08. The van der Waals surface area contributed by atoms with Crippen molar-refractivity contribution in [1.29, 1.82) is 0 Å². The topological polar surface area (TPSA) is 61.6 Å². The number of rotatable bonds is 6. The lowest BCUT2D eigenvalue weighted by atomic mass is 9.96. The van der Waals surface area contributed by atoms with E-state index in [0.29, 0.717) is 17.0 Å². The average Bonchev–Trinajstić information content (AvgIpc) is 2.64. The Kier molecular flexibility index (Phi) is 6.23. The number of hydrogen-bond acceptors (Lipinski definition) is 4. The molecule has 0 bridgehead atoms. The fourth-order valence-electron chi connectivity index (χ4n) is 2.86. The SMILES string of the molecule is C=C/C(=C\c1c(N)cc(C(=O)OC)c(OC)c1C)Cc1ccc(C)cc1. The summed E-state index contributed by atoms with van der Waals surface area (Å²) in [5, 5.41) is 0. The van der Waals surface area contributed by atoms with Crippen molar-refractivity contribution in [3.05, 3.63) is 76.4 Å². The van der Waals surface area contributed by atoms with E-state index < -0.39 is 5.97 Å². The molecule has 2 rings (SSSR count). The third-order valence-electron chi connectivity index (χ3n) is 4.33. The third-order valence-corrected chi connectivity index (χ3v) is 4.33. The Balaban J connectivity index is 2.48. The number of ether oxygens (including phenoxy) is 2. The van der Waals surface area contributed by atoms with Gasteiger partial charge in [0.1, 0.15) is 11.3 Å². The highest BCUT2D eigenvalue weighted by molar-refractivity contribution is 5.95. The zero-order valence-corrected chi connectivity index (χ0v) is 15.8. The molecule has 0 aliphatic carbocycles. The van der Waals surface area contributed by atoms with Crippen LogP contribution in [0.4, 0.5) is 5.69 Å². The fourth-order valence-corrected chi connectivity index (χ4v) is 2.86. The normalized spacial score (nSPS) is 11.2. The van der Waals surface area contributed by atoms with Crippen LogP contribution in [0.1, 0.15) is 32.6 Å². The predicted octanol–water partition coefficient (Wildman–Crippen LogP) is 4.49. The highest BCUT2D eigenvalue weighted by Gasteiger charge is 2.19. The second-order valence-corrected chi connectivity index (χ2v) is 6.16. The van der Waals surface area contributed by atoms with Crippen LogP contribution in [0.15, 0.2) is 48.6 Å². The van der Waals surface area contributed by atoms with Crippen LogP contribution in [0.3, 0.4) is 0 Å². The Morgan fingerprint density at radius 3 is 2.38 bits per heavy atom. The molecule has 2 N–H and O–H groups in total. The maximum atomic E-state index is 12.0. The number of methoxy groups -OCH3 is 2. The van der Waals surface area contributed by atoms with Crippen molar-refractivity contribution >= 4 is 17.7 Å². The number of allylic oxidation sites excluding steroid dienone is 2. The van der Waals surface area contributed by atoms with Gasteiger partial charge in [0.2, 0.25) is 0 Å². The van der Waals surface area contributed by atoms with E-state index in [4.69, 9.17) is 15.2 Å². The van der Waals surface area contributed by atoms with Crippen LogP contribution in [0.25, 0.3) is 6.08 Å². The Morgan fingerprint density at radius 2 is 1.85 bits per heavy atom. The summed E-state index contributed by atoms with van der Waals surface area (Å²) in [7, 11) is 2.86. The molecule has 0 amide bonds. The maximum Gasteiger partial charge on any atom is 0.341 e. The molecule has 0 unspecified atom stereocenters. The van der Waals surface area contributed by atoms with E-state index in [1.54, 1.807) is 6.07 Å². The standard InChI is InChI=1S/C22H25NO3/c1-6-16(11-17-9-7-14(2)8-10-17)12-18-15(3)21(25-4)19(13-20(18)23)22(24)26-5/h6-10,12-13H,1,11,23H2,2-5H3/b16-12+. The van der Waals surface area contributed by atoms with Crippen LogP contribution in [0.5, 0.6) is 5.75 Å². The van der Waals surface area contributed by atoms with Crippen molar-refractivity contribution in [2.75, 3.05) is 20.0 Å². The van der Waals surface area contributed by atoms with Gasteiger partial charge in [-0.2, -0.15) is 0 Å². The van der Waals surface area contributed by atoms with Gasteiger partial charge in [-0.15, -0.1) is 0 Å². The van der Waals surface area contributed by atoms with Crippen LogP contribution in [-0.2, 0) is 11.2 Å². The summed E-state index contributed by atoms with van der Waals surface area (Å²) in [4.78, 5) is 12.0. The van der Waals surface area contributed by atoms with Gasteiger partial charge in [0.05, 0.1) is 14.2 Å². The fraction of sp³-hybridized carbons (Fsp3) is 0.227. The minimum Gasteiger partial charge on any atom is -0.496 e. The Bertz CT molecular complexity index is 849. The number of benzene rings is 2. The summed E-state index contributed by atoms with van der Waals surface area (Å²) >= 11 is 0. The van der Waals surface area contributed by atoms with Gasteiger partial charge < -0.3 is 15.2 Å². The molecule has 0 heterocycles. The molecular weight excluding hydrogens is 326 g/mol. The summed E-state index contributed by atoms with van der Waals surface area (Å²) in [5.74, 6) is -0.00757. The van der Waals surface area contributed by atoms with Gasteiger partial charge >= 0.3 is 5.97 Å². The molecular formula is C22H25NO3. The van der Waals surface area contributed by atoms with Crippen molar-refractivity contribution in [3.63, 3.8) is 0 Å². The largest absolute Gasteiger partial charge is 0.496 e. The van der Waals surface area contributed by atoms with E-state index in [-0.39, 0.29) is 0 Å². The molecule has 4 heteroatoms. The predicted molar refractivity (Wildman–Crippen MR) is 107 cm³/mol. The number of hydrogen-bond donors (Lipinski definition) is 1. The van der Waals surface area contributed by atoms with Gasteiger partial charge in [0.25, 0.3) is 0 Å². The zero-order valence-electron chi connectivity index (χ0n) is 15.8. The maximum absolute atomic E-state index is 12.0. The first-order chi connectivity index (χ1) is 12.4. The minimum absolute atomic E-state index is 0.320. The molecule has 2 aromatic carbocycles. The molecule has 4 nitrogen and oxygen atoms in total. The molecule has 2 aromatic rings. The molecule has 0 spiro atoms. The number of carbonyl (C=O) groups is 1. The molecule has 26 heavy (non-hydrogen) atoms. The van der Waals surface area contributed by atoms with Gasteiger partial charge in [-0.1, -0.05) is 42.5 Å². The highest BCUT2D eigenvalue weighted by Crippen LogP contribution is 2.33. The summed E-state index contributed by atoms with van der Waals surface area (Å²) in [6.45, 7) is 7.86. The number of nitrogen functional groups attached to an aromatic ring is 1. The van der Waals surface area contributed by atoms with Crippen molar-refractivity contribution in [3.8, 4) is 5.75 Å². The van der Waals surface area contributed by atoms with Crippen LogP contribution in [0.2, 0.25) is 0 Å². The van der Waals surface area contributed by atoms with Crippen molar-refractivity contribution < 1.29 is 14.3 Å². The number of aryl methyl sites for hydroxylation is 1. The van der Waals surface area contributed by atoms with Gasteiger partial charge in [0.15, 0.2) is 0 Å². The van der Waals surface area contributed by atoms with Crippen molar-refractivity contribution in [2.24, 2.45) is 0 Å². The third kappa shape index (κ3) is 4.14. The minimum atomic E-state index is -0.476. The van der Waals surface area contributed by atoms with Gasteiger partial charge in [-0.25, -0.2) is 4.79 Å². The molecule has 136 valence electrons. The van der Waals surface area contributed by atoms with Gasteiger partial charge in [-0.05, 0) is 43.5 Å². The van der Waals surface area contributed by atoms with E-state index in [2.05, 4.69) is 37.8 Å². The Morgan fingerprint density at radius 1 is 1.19 bits per heavy atom. The molecule has 0 fully saturated rings. The summed E-state index contributed by atoms with van der Waals surface area (Å²) in [6.07, 6.45) is 4.55. The van der Waals surface area contributed by atoms with Crippen LogP contribution >= 0.6 is 0 Å². The van der Waals surface area contributed by atoms with Crippen LogP contribution < -0.4 is 10.5 Å². The van der Waals surface area contributed by atoms with Gasteiger partial charge in [0, 0.05) is 16.8 Å². The molecule has 0 aliphatic heterocycles. The summed E-state index contributed by atoms with van der Waals surface area (Å²) in [5.41, 5.74) is 12.1. The summed E-state index contributed by atoms with van der Waals surface area (Å²) < 4.78 is 10.2. The Hall–Kier alpha value is -3.01. The molecule has 0 aromatic heterocycles. The first kappa shape index (κ1) is 19.3. The molecule has 0 saturated carbocycles. The smallest absolute Gasteiger partial charge is 0.341 e. The second-order valence-electron chi connectivity index (χ2n) is 6.16. The van der Waals surface area contributed by atoms with E-state index in [9.17, 15) is 4.79 Å². The second kappa shape index (κ2) is 8.39. The lowest BCUT2D eigenvalue weighted by molar-refractivity contribution is 0.0597. The summed E-state index contributed by atoms with van der Waals surface area (Å²) in [6, 6.07) is 9.97. The zero-order chi connectivity index (χ0) is 19.3. The number of nitrogens with two attached hydrogens (primary N) is 1.